The third kappa shape index (κ3) is 3.31. The van der Waals surface area contributed by atoms with Crippen molar-refractivity contribution in [3.05, 3.63) is 69.4 Å². The number of hydrogen-bond acceptors (Lipinski definition) is 0. The van der Waals surface area contributed by atoms with Gasteiger partial charge in [0.05, 0.1) is 5.38 Å². The van der Waals surface area contributed by atoms with Crippen LogP contribution in [0.15, 0.2) is 40.9 Å². The third-order valence-corrected chi connectivity index (χ3v) is 3.61. The number of hydrogen-bond donors (Lipinski definition) is 0. The standard InChI is InChI=1S/C14H9BrClF3/c15-9-4-5-10(13(18)7-9)11(16)6-8-2-1-3-12(17)14(8)19/h1-5,7,11H,6H2. The van der Waals surface area contributed by atoms with Crippen molar-refractivity contribution >= 4 is 27.5 Å². The normalized spacial score (nSPS) is 12.5. The molecule has 0 amide bonds. The van der Waals surface area contributed by atoms with Gasteiger partial charge >= 0.3 is 0 Å². The van der Waals surface area contributed by atoms with E-state index in [4.69, 9.17) is 11.6 Å². The molecular weight excluding hydrogens is 341 g/mol. The van der Waals surface area contributed by atoms with E-state index in [1.807, 2.05) is 0 Å². The molecule has 0 aliphatic rings. The monoisotopic (exact) mass is 348 g/mol. The molecule has 2 rings (SSSR count). The second kappa shape index (κ2) is 5.97. The third-order valence-electron chi connectivity index (χ3n) is 2.73. The highest BCUT2D eigenvalue weighted by Crippen LogP contribution is 2.30. The first-order chi connectivity index (χ1) is 8.99. The van der Waals surface area contributed by atoms with Gasteiger partial charge in [0, 0.05) is 10.0 Å². The molecule has 19 heavy (non-hydrogen) atoms. The van der Waals surface area contributed by atoms with Crippen molar-refractivity contribution in [1.29, 1.82) is 0 Å². The molecule has 100 valence electrons. The van der Waals surface area contributed by atoms with Gasteiger partial charge in [0.25, 0.3) is 0 Å². The van der Waals surface area contributed by atoms with Crippen LogP contribution in [0.4, 0.5) is 13.2 Å². The lowest BCUT2D eigenvalue weighted by atomic mass is 10.0. The first-order valence-electron chi connectivity index (χ1n) is 5.51. The molecule has 0 heterocycles. The van der Waals surface area contributed by atoms with Crippen LogP contribution < -0.4 is 0 Å². The molecule has 0 bridgehead atoms. The molecule has 1 atom stereocenters. The Kier molecular flexibility index (Phi) is 4.53. The van der Waals surface area contributed by atoms with Crippen molar-refractivity contribution in [3.8, 4) is 0 Å². The Balaban J connectivity index is 2.25. The highest BCUT2D eigenvalue weighted by molar-refractivity contribution is 9.10. The Hall–Kier alpha value is -1.00. The van der Waals surface area contributed by atoms with Crippen LogP contribution in [0.5, 0.6) is 0 Å². The van der Waals surface area contributed by atoms with Gasteiger partial charge < -0.3 is 0 Å². The Morgan fingerprint density at radius 3 is 2.47 bits per heavy atom. The molecule has 0 fully saturated rings. The summed E-state index contributed by atoms with van der Waals surface area (Å²) < 4.78 is 40.9. The average molecular weight is 350 g/mol. The highest BCUT2D eigenvalue weighted by atomic mass is 79.9. The van der Waals surface area contributed by atoms with Crippen molar-refractivity contribution in [2.75, 3.05) is 0 Å². The van der Waals surface area contributed by atoms with Crippen LogP contribution in [0.1, 0.15) is 16.5 Å². The summed E-state index contributed by atoms with van der Waals surface area (Å²) in [4.78, 5) is 0. The predicted molar refractivity (Wildman–Crippen MR) is 72.8 cm³/mol. The summed E-state index contributed by atoms with van der Waals surface area (Å²) in [5.74, 6) is -2.35. The van der Waals surface area contributed by atoms with E-state index in [9.17, 15) is 13.2 Å². The number of rotatable bonds is 3. The average Bonchev–Trinajstić information content (AvgIpc) is 2.34. The molecule has 2 aromatic rings. The van der Waals surface area contributed by atoms with Gasteiger partial charge in [-0.05, 0) is 30.2 Å². The quantitative estimate of drug-likeness (QED) is 0.652. The second-order valence-electron chi connectivity index (χ2n) is 4.05. The first kappa shape index (κ1) is 14.4. The largest absolute Gasteiger partial charge is 0.207 e. The van der Waals surface area contributed by atoms with Gasteiger partial charge in [-0.1, -0.05) is 34.1 Å². The molecule has 0 radical (unpaired) electrons. The molecule has 0 aliphatic heterocycles. The van der Waals surface area contributed by atoms with Gasteiger partial charge in [0.1, 0.15) is 5.82 Å². The Labute approximate surface area is 122 Å². The van der Waals surface area contributed by atoms with Crippen LogP contribution in [0, 0.1) is 17.5 Å². The Morgan fingerprint density at radius 1 is 1.05 bits per heavy atom. The maximum Gasteiger partial charge on any atom is 0.162 e. The van der Waals surface area contributed by atoms with Gasteiger partial charge in [-0.15, -0.1) is 11.6 Å². The van der Waals surface area contributed by atoms with E-state index >= 15 is 0 Å². The molecule has 0 aliphatic carbocycles. The lowest BCUT2D eigenvalue weighted by Crippen LogP contribution is -2.02. The van der Waals surface area contributed by atoms with E-state index in [1.54, 1.807) is 6.07 Å². The van der Waals surface area contributed by atoms with Crippen molar-refractivity contribution in [1.82, 2.24) is 0 Å². The summed E-state index contributed by atoms with van der Waals surface area (Å²) in [6.07, 6.45) is 0.0176. The maximum absolute atomic E-state index is 13.7. The molecule has 2 aromatic carbocycles. The smallest absolute Gasteiger partial charge is 0.162 e. The van der Waals surface area contributed by atoms with Crippen LogP contribution in [-0.2, 0) is 6.42 Å². The van der Waals surface area contributed by atoms with E-state index in [0.29, 0.717) is 4.47 Å². The summed E-state index contributed by atoms with van der Waals surface area (Å²) in [6.45, 7) is 0. The van der Waals surface area contributed by atoms with Crippen LogP contribution in [0.25, 0.3) is 0 Å². The van der Waals surface area contributed by atoms with E-state index in [1.165, 1.54) is 24.3 Å². The van der Waals surface area contributed by atoms with Crippen molar-refractivity contribution < 1.29 is 13.2 Å². The number of alkyl halides is 1. The fraction of sp³-hybridized carbons (Fsp3) is 0.143. The van der Waals surface area contributed by atoms with Gasteiger partial charge in [-0.3, -0.25) is 0 Å². The van der Waals surface area contributed by atoms with Gasteiger partial charge in [0.15, 0.2) is 11.6 Å². The minimum atomic E-state index is -0.939. The highest BCUT2D eigenvalue weighted by Gasteiger charge is 2.17. The second-order valence-corrected chi connectivity index (χ2v) is 5.49. The number of halogens is 5. The molecule has 5 heteroatoms. The Bertz CT molecular complexity index is 601. The summed E-state index contributed by atoms with van der Waals surface area (Å²) in [6, 6.07) is 8.32. The molecule has 1 unspecified atom stereocenters. The van der Waals surface area contributed by atoms with Crippen LogP contribution in [0.2, 0.25) is 0 Å². The van der Waals surface area contributed by atoms with E-state index in [-0.39, 0.29) is 17.5 Å². The van der Waals surface area contributed by atoms with E-state index < -0.39 is 22.8 Å². The topological polar surface area (TPSA) is 0 Å². The lowest BCUT2D eigenvalue weighted by Gasteiger charge is -2.12. The van der Waals surface area contributed by atoms with Crippen molar-refractivity contribution in [2.45, 2.75) is 11.8 Å². The summed E-state index contributed by atoms with van der Waals surface area (Å²) >= 11 is 9.22. The molecule has 0 saturated heterocycles. The zero-order valence-electron chi connectivity index (χ0n) is 9.64. The van der Waals surface area contributed by atoms with E-state index in [2.05, 4.69) is 15.9 Å². The van der Waals surface area contributed by atoms with Crippen LogP contribution in [-0.4, -0.2) is 0 Å². The summed E-state index contributed by atoms with van der Waals surface area (Å²) in [5.41, 5.74) is 0.385. The van der Waals surface area contributed by atoms with Gasteiger partial charge in [-0.25, -0.2) is 13.2 Å². The predicted octanol–water partition coefficient (Wildman–Crippen LogP) is 5.39. The fourth-order valence-electron chi connectivity index (χ4n) is 1.76. The van der Waals surface area contributed by atoms with Crippen LogP contribution >= 0.6 is 27.5 Å². The first-order valence-corrected chi connectivity index (χ1v) is 6.74. The summed E-state index contributed by atoms with van der Waals surface area (Å²) in [5, 5.41) is -0.760. The summed E-state index contributed by atoms with van der Waals surface area (Å²) in [7, 11) is 0. The van der Waals surface area contributed by atoms with E-state index in [0.717, 1.165) is 6.07 Å². The van der Waals surface area contributed by atoms with Crippen molar-refractivity contribution in [3.63, 3.8) is 0 Å². The SMILES string of the molecule is Fc1cc(Br)ccc1C(Cl)Cc1cccc(F)c1F. The zero-order valence-corrected chi connectivity index (χ0v) is 12.0. The number of benzene rings is 2. The maximum atomic E-state index is 13.7. The molecule has 0 spiro atoms. The Morgan fingerprint density at radius 2 is 1.79 bits per heavy atom. The lowest BCUT2D eigenvalue weighted by molar-refractivity contribution is 0.497. The van der Waals surface area contributed by atoms with Crippen LogP contribution in [0.3, 0.4) is 0 Å². The zero-order chi connectivity index (χ0) is 14.0. The molecule has 0 saturated carbocycles. The van der Waals surface area contributed by atoms with Crippen molar-refractivity contribution in [2.24, 2.45) is 0 Å². The molecule has 0 aromatic heterocycles. The minimum Gasteiger partial charge on any atom is -0.207 e. The minimum absolute atomic E-state index is 0.0176. The molecule has 0 N–H and O–H groups in total. The van der Waals surface area contributed by atoms with Gasteiger partial charge in [0.2, 0.25) is 0 Å². The van der Waals surface area contributed by atoms with Gasteiger partial charge in [-0.2, -0.15) is 0 Å². The fourth-order valence-corrected chi connectivity index (χ4v) is 2.44. The molecule has 0 nitrogen and oxygen atoms in total. The molecular formula is C14H9BrClF3.